The van der Waals surface area contributed by atoms with Crippen molar-refractivity contribution >= 4 is 16.5 Å². The Morgan fingerprint density at radius 2 is 2.25 bits per heavy atom. The van der Waals surface area contributed by atoms with Gasteiger partial charge < -0.3 is 10.2 Å². The van der Waals surface area contributed by atoms with E-state index in [4.69, 9.17) is 4.98 Å². The molecule has 3 nitrogen and oxygen atoms in total. The molecule has 20 heavy (non-hydrogen) atoms. The van der Waals surface area contributed by atoms with Crippen LogP contribution in [-0.4, -0.2) is 24.6 Å². The van der Waals surface area contributed by atoms with Crippen LogP contribution in [0.2, 0.25) is 0 Å². The molecule has 1 aromatic heterocycles. The molecule has 0 radical (unpaired) electrons. The van der Waals surface area contributed by atoms with Crippen molar-refractivity contribution in [1.82, 2.24) is 10.3 Å². The lowest BCUT2D eigenvalue weighted by atomic mass is 10.0. The second kappa shape index (κ2) is 7.41. The van der Waals surface area contributed by atoms with Crippen molar-refractivity contribution in [2.24, 2.45) is 11.8 Å². The Morgan fingerprint density at radius 1 is 1.45 bits per heavy atom. The molecule has 1 aliphatic heterocycles. The maximum Gasteiger partial charge on any atom is 0.185 e. The van der Waals surface area contributed by atoms with E-state index in [1.54, 1.807) is 0 Å². The molecule has 0 amide bonds. The lowest BCUT2D eigenvalue weighted by Crippen LogP contribution is -2.19. The van der Waals surface area contributed by atoms with Crippen LogP contribution in [0.5, 0.6) is 0 Å². The Morgan fingerprint density at radius 3 is 2.95 bits per heavy atom. The normalized spacial score (nSPS) is 19.2. The number of nitrogens with zero attached hydrogens (tertiary/aromatic N) is 2. The second-order valence-electron chi connectivity index (χ2n) is 6.42. The Kier molecular flexibility index (Phi) is 5.85. The van der Waals surface area contributed by atoms with Crippen LogP contribution < -0.4 is 10.2 Å². The maximum atomic E-state index is 4.79. The highest BCUT2D eigenvalue weighted by molar-refractivity contribution is 7.15. The molecular weight excluding hydrogens is 266 g/mol. The third-order valence-corrected chi connectivity index (χ3v) is 5.19. The third-order valence-electron chi connectivity index (χ3n) is 3.97. The van der Waals surface area contributed by atoms with Crippen molar-refractivity contribution in [2.45, 2.75) is 53.5 Å². The summed E-state index contributed by atoms with van der Waals surface area (Å²) >= 11 is 1.88. The molecule has 1 aromatic rings. The lowest BCUT2D eigenvalue weighted by molar-refractivity contribution is 0.530. The topological polar surface area (TPSA) is 28.2 Å². The van der Waals surface area contributed by atoms with Gasteiger partial charge in [0.2, 0.25) is 0 Å². The van der Waals surface area contributed by atoms with Gasteiger partial charge in [0.1, 0.15) is 0 Å². The quantitative estimate of drug-likeness (QED) is 0.829. The van der Waals surface area contributed by atoms with Gasteiger partial charge in [-0.2, -0.15) is 0 Å². The summed E-state index contributed by atoms with van der Waals surface area (Å²) in [7, 11) is 0. The summed E-state index contributed by atoms with van der Waals surface area (Å²) < 4.78 is 0. The van der Waals surface area contributed by atoms with Crippen molar-refractivity contribution < 1.29 is 0 Å². The molecule has 1 N–H and O–H groups in total. The maximum absolute atomic E-state index is 4.79. The first-order chi connectivity index (χ1) is 9.60. The van der Waals surface area contributed by atoms with E-state index in [0.717, 1.165) is 19.0 Å². The third kappa shape index (κ3) is 4.19. The molecule has 0 spiro atoms. The largest absolute Gasteiger partial charge is 0.348 e. The molecule has 1 unspecified atom stereocenters. The van der Waals surface area contributed by atoms with Crippen molar-refractivity contribution in [3.63, 3.8) is 0 Å². The van der Waals surface area contributed by atoms with Gasteiger partial charge in [-0.05, 0) is 38.1 Å². The monoisotopic (exact) mass is 295 g/mol. The van der Waals surface area contributed by atoms with Gasteiger partial charge in [-0.1, -0.05) is 27.2 Å². The smallest absolute Gasteiger partial charge is 0.185 e. The van der Waals surface area contributed by atoms with E-state index >= 15 is 0 Å². The van der Waals surface area contributed by atoms with E-state index < -0.39 is 0 Å². The highest BCUT2D eigenvalue weighted by Gasteiger charge is 2.24. The average Bonchev–Trinajstić information content (AvgIpc) is 2.97. The minimum atomic E-state index is 0.705. The molecule has 114 valence electrons. The molecule has 0 saturated carbocycles. The van der Waals surface area contributed by atoms with Gasteiger partial charge in [0, 0.05) is 24.5 Å². The van der Waals surface area contributed by atoms with E-state index in [0.29, 0.717) is 5.92 Å². The molecule has 2 heterocycles. The average molecular weight is 295 g/mol. The molecule has 0 bridgehead atoms. The number of aryl methyl sites for hydroxylation is 1. The van der Waals surface area contributed by atoms with Crippen LogP contribution in [0.1, 0.15) is 50.6 Å². The van der Waals surface area contributed by atoms with Crippen LogP contribution in [0, 0.1) is 18.8 Å². The van der Waals surface area contributed by atoms with Crippen molar-refractivity contribution in [2.75, 3.05) is 24.5 Å². The zero-order valence-electron chi connectivity index (χ0n) is 13.4. The van der Waals surface area contributed by atoms with Gasteiger partial charge in [0.15, 0.2) is 5.13 Å². The van der Waals surface area contributed by atoms with Crippen molar-refractivity contribution in [3.8, 4) is 0 Å². The summed E-state index contributed by atoms with van der Waals surface area (Å²) in [5.41, 5.74) is 1.21. The molecular formula is C16H29N3S. The minimum Gasteiger partial charge on any atom is -0.348 e. The fourth-order valence-electron chi connectivity index (χ4n) is 2.84. The summed E-state index contributed by atoms with van der Waals surface area (Å²) in [4.78, 5) is 8.68. The Labute approximate surface area is 127 Å². The van der Waals surface area contributed by atoms with Gasteiger partial charge in [-0.3, -0.25) is 0 Å². The predicted molar refractivity (Wildman–Crippen MR) is 88.6 cm³/mol. The minimum absolute atomic E-state index is 0.705. The molecule has 0 aromatic carbocycles. The van der Waals surface area contributed by atoms with Crippen LogP contribution in [-0.2, 0) is 6.54 Å². The van der Waals surface area contributed by atoms with E-state index in [1.807, 2.05) is 11.3 Å². The van der Waals surface area contributed by atoms with Crippen molar-refractivity contribution in [3.05, 3.63) is 10.6 Å². The summed E-state index contributed by atoms with van der Waals surface area (Å²) in [5.74, 6) is 1.59. The number of anilines is 1. The highest BCUT2D eigenvalue weighted by Crippen LogP contribution is 2.31. The number of aromatic nitrogens is 1. The highest BCUT2D eigenvalue weighted by atomic mass is 32.1. The number of hydrogen-bond donors (Lipinski definition) is 1. The Balaban J connectivity index is 1.90. The van der Waals surface area contributed by atoms with Gasteiger partial charge in [0.05, 0.1) is 5.69 Å². The Bertz CT molecular complexity index is 414. The number of nitrogens with one attached hydrogen (secondary N) is 1. The van der Waals surface area contributed by atoms with Crippen LogP contribution in [0.25, 0.3) is 0 Å². The van der Waals surface area contributed by atoms with Crippen molar-refractivity contribution in [1.29, 1.82) is 0 Å². The van der Waals surface area contributed by atoms with E-state index in [1.165, 1.54) is 48.1 Å². The summed E-state index contributed by atoms with van der Waals surface area (Å²) in [6, 6.07) is 0. The van der Waals surface area contributed by atoms with E-state index in [9.17, 15) is 0 Å². The fraction of sp³-hybridized carbons (Fsp3) is 0.812. The first-order valence-corrected chi connectivity index (χ1v) is 8.83. The van der Waals surface area contributed by atoms with Crippen LogP contribution in [0.4, 0.5) is 5.13 Å². The first-order valence-electron chi connectivity index (χ1n) is 8.02. The summed E-state index contributed by atoms with van der Waals surface area (Å²) in [5, 5.41) is 4.77. The first kappa shape index (κ1) is 15.8. The predicted octanol–water partition coefficient (Wildman–Crippen LogP) is 3.82. The summed E-state index contributed by atoms with van der Waals surface area (Å²) in [6.45, 7) is 13.4. The lowest BCUT2D eigenvalue weighted by Gasteiger charge is -2.14. The van der Waals surface area contributed by atoms with Gasteiger partial charge in [-0.25, -0.2) is 4.98 Å². The Hall–Kier alpha value is -0.610. The van der Waals surface area contributed by atoms with E-state index in [-0.39, 0.29) is 0 Å². The number of hydrogen-bond acceptors (Lipinski definition) is 4. The molecule has 1 saturated heterocycles. The number of rotatable bonds is 7. The molecule has 1 atom stereocenters. The van der Waals surface area contributed by atoms with Crippen LogP contribution in [0.3, 0.4) is 0 Å². The molecule has 1 fully saturated rings. The van der Waals surface area contributed by atoms with Crippen LogP contribution in [0.15, 0.2) is 0 Å². The standard InChI is InChI=1S/C16H29N3S/c1-5-6-14-7-8-19(11-14)16-18-13(4)15(20-16)10-17-9-12(2)3/h12,14,17H,5-11H2,1-4H3. The summed E-state index contributed by atoms with van der Waals surface area (Å²) in [6.07, 6.45) is 4.01. The zero-order chi connectivity index (χ0) is 14.5. The SMILES string of the molecule is CCCC1CCN(c2nc(C)c(CNCC(C)C)s2)C1. The zero-order valence-corrected chi connectivity index (χ0v) is 14.2. The van der Waals surface area contributed by atoms with E-state index in [2.05, 4.69) is 37.9 Å². The van der Waals surface area contributed by atoms with Gasteiger partial charge >= 0.3 is 0 Å². The molecule has 1 aliphatic rings. The van der Waals surface area contributed by atoms with Gasteiger partial charge in [0.25, 0.3) is 0 Å². The van der Waals surface area contributed by atoms with Gasteiger partial charge in [-0.15, -0.1) is 11.3 Å². The molecule has 2 rings (SSSR count). The fourth-order valence-corrected chi connectivity index (χ4v) is 3.90. The van der Waals surface area contributed by atoms with Crippen LogP contribution >= 0.6 is 11.3 Å². The molecule has 4 heteroatoms. The second-order valence-corrected chi connectivity index (χ2v) is 7.48. The number of thiazole rings is 1. The molecule has 0 aliphatic carbocycles.